The summed E-state index contributed by atoms with van der Waals surface area (Å²) in [6, 6.07) is 12.5. The Balaban J connectivity index is 1.93. The number of nitrogens with zero attached hydrogens (tertiary/aromatic N) is 1. The predicted octanol–water partition coefficient (Wildman–Crippen LogP) is 2.69. The van der Waals surface area contributed by atoms with Gasteiger partial charge in [0.25, 0.3) is 5.91 Å². The van der Waals surface area contributed by atoms with E-state index in [-0.39, 0.29) is 5.91 Å². The largest absolute Gasteiger partial charge is 0.419 e. The van der Waals surface area contributed by atoms with Crippen LogP contribution in [-0.4, -0.2) is 10.5 Å². The van der Waals surface area contributed by atoms with Crippen molar-refractivity contribution in [3.63, 3.8) is 0 Å². The molecule has 0 aliphatic rings. The lowest BCUT2D eigenvalue weighted by Crippen LogP contribution is -2.13. The smallest absolute Gasteiger partial charge is 0.408 e. The van der Waals surface area contributed by atoms with E-state index in [4.69, 9.17) is 4.42 Å². The number of benzene rings is 2. The summed E-state index contributed by atoms with van der Waals surface area (Å²) in [7, 11) is 1.64. The first-order chi connectivity index (χ1) is 10.1. The maximum atomic E-state index is 12.2. The van der Waals surface area contributed by atoms with Crippen LogP contribution in [0.25, 0.3) is 11.1 Å². The molecule has 1 aromatic heterocycles. The Morgan fingerprint density at radius 3 is 2.71 bits per heavy atom. The van der Waals surface area contributed by atoms with Crippen LogP contribution in [0.3, 0.4) is 0 Å². The van der Waals surface area contributed by atoms with E-state index in [1.165, 1.54) is 4.57 Å². The molecule has 0 saturated carbocycles. The molecule has 0 aliphatic carbocycles. The molecular formula is C16H14N2O3. The second-order valence-corrected chi connectivity index (χ2v) is 4.88. The highest BCUT2D eigenvalue weighted by atomic mass is 16.4. The van der Waals surface area contributed by atoms with Gasteiger partial charge in [0.1, 0.15) is 0 Å². The zero-order valence-electron chi connectivity index (χ0n) is 11.7. The van der Waals surface area contributed by atoms with Crippen molar-refractivity contribution in [2.45, 2.75) is 6.92 Å². The highest BCUT2D eigenvalue weighted by Crippen LogP contribution is 2.19. The van der Waals surface area contributed by atoms with Crippen LogP contribution in [0.2, 0.25) is 0 Å². The van der Waals surface area contributed by atoms with Gasteiger partial charge < -0.3 is 9.73 Å². The minimum atomic E-state index is -0.424. The van der Waals surface area contributed by atoms with Crippen LogP contribution in [0.1, 0.15) is 15.9 Å². The zero-order valence-corrected chi connectivity index (χ0v) is 11.7. The molecule has 2 aromatic carbocycles. The Morgan fingerprint density at radius 1 is 1.19 bits per heavy atom. The molecule has 0 spiro atoms. The van der Waals surface area contributed by atoms with Crippen molar-refractivity contribution in [3.8, 4) is 0 Å². The maximum absolute atomic E-state index is 12.2. The molecule has 5 heteroatoms. The van der Waals surface area contributed by atoms with Crippen molar-refractivity contribution in [2.24, 2.45) is 7.05 Å². The van der Waals surface area contributed by atoms with Crippen LogP contribution in [0, 0.1) is 6.92 Å². The van der Waals surface area contributed by atoms with E-state index in [1.54, 1.807) is 31.3 Å². The summed E-state index contributed by atoms with van der Waals surface area (Å²) in [5.74, 6) is -0.613. The Hall–Kier alpha value is -2.82. The lowest BCUT2D eigenvalue weighted by Gasteiger charge is -2.07. The van der Waals surface area contributed by atoms with Gasteiger partial charge in [-0.15, -0.1) is 0 Å². The molecular weight excluding hydrogens is 268 g/mol. The molecule has 1 N–H and O–H groups in total. The van der Waals surface area contributed by atoms with Gasteiger partial charge in [0.05, 0.1) is 5.52 Å². The third kappa shape index (κ3) is 2.33. The summed E-state index contributed by atoms with van der Waals surface area (Å²) in [5.41, 5.74) is 3.25. The average Bonchev–Trinajstić information content (AvgIpc) is 2.74. The van der Waals surface area contributed by atoms with Gasteiger partial charge in [0, 0.05) is 24.4 Å². The Morgan fingerprint density at radius 2 is 1.95 bits per heavy atom. The normalized spacial score (nSPS) is 10.8. The molecule has 0 atom stereocenters. The summed E-state index contributed by atoms with van der Waals surface area (Å²) in [6.45, 7) is 1.88. The van der Waals surface area contributed by atoms with Gasteiger partial charge in [-0.05, 0) is 30.7 Å². The number of fused-ring (bicyclic) bond motifs is 1. The number of amides is 1. The number of nitrogens with one attached hydrogen (secondary N) is 1. The molecule has 0 radical (unpaired) electrons. The molecule has 0 bridgehead atoms. The fraction of sp³-hybridized carbons (Fsp3) is 0.125. The number of hydrogen-bond acceptors (Lipinski definition) is 3. The van der Waals surface area contributed by atoms with Crippen LogP contribution >= 0.6 is 0 Å². The monoisotopic (exact) mass is 282 g/mol. The number of aromatic nitrogens is 1. The fourth-order valence-electron chi connectivity index (χ4n) is 2.24. The Bertz CT molecular complexity index is 890. The number of aryl methyl sites for hydroxylation is 2. The number of hydrogen-bond donors (Lipinski definition) is 1. The first-order valence-corrected chi connectivity index (χ1v) is 6.53. The number of carbonyl (C=O) groups is 1. The van der Waals surface area contributed by atoms with Gasteiger partial charge in [-0.3, -0.25) is 9.36 Å². The molecule has 0 fully saturated rings. The lowest BCUT2D eigenvalue weighted by molar-refractivity contribution is 0.102. The van der Waals surface area contributed by atoms with Crippen molar-refractivity contribution in [3.05, 3.63) is 64.1 Å². The van der Waals surface area contributed by atoms with Crippen molar-refractivity contribution >= 4 is 22.7 Å². The standard InChI is InChI=1S/C16H14N2O3/c1-10-5-3-4-6-12(10)15(19)17-11-7-8-13-14(9-11)21-16(20)18(13)2/h3-9H,1-2H3,(H,17,19). The second kappa shape index (κ2) is 4.94. The fourth-order valence-corrected chi connectivity index (χ4v) is 2.24. The SMILES string of the molecule is Cc1ccccc1C(=O)Nc1ccc2c(c1)oc(=O)n2C. The third-order valence-electron chi connectivity index (χ3n) is 3.44. The number of oxazole rings is 1. The number of rotatable bonds is 2. The first kappa shape index (κ1) is 13.2. The van der Waals surface area contributed by atoms with E-state index in [1.807, 2.05) is 25.1 Å². The van der Waals surface area contributed by atoms with Gasteiger partial charge in [0.2, 0.25) is 0 Å². The first-order valence-electron chi connectivity index (χ1n) is 6.53. The second-order valence-electron chi connectivity index (χ2n) is 4.88. The highest BCUT2D eigenvalue weighted by molar-refractivity contribution is 6.05. The van der Waals surface area contributed by atoms with E-state index >= 15 is 0 Å². The van der Waals surface area contributed by atoms with Crippen LogP contribution in [0.4, 0.5) is 5.69 Å². The van der Waals surface area contributed by atoms with E-state index in [0.29, 0.717) is 22.4 Å². The molecule has 1 heterocycles. The Kier molecular flexibility index (Phi) is 3.10. The zero-order chi connectivity index (χ0) is 15.0. The molecule has 0 unspecified atom stereocenters. The maximum Gasteiger partial charge on any atom is 0.419 e. The third-order valence-corrected chi connectivity index (χ3v) is 3.44. The number of carbonyl (C=O) groups excluding carboxylic acids is 1. The van der Waals surface area contributed by atoms with Crippen LogP contribution in [-0.2, 0) is 7.05 Å². The van der Waals surface area contributed by atoms with Crippen LogP contribution in [0.5, 0.6) is 0 Å². The lowest BCUT2D eigenvalue weighted by atomic mass is 10.1. The quantitative estimate of drug-likeness (QED) is 0.786. The van der Waals surface area contributed by atoms with Gasteiger partial charge in [0.15, 0.2) is 5.58 Å². The molecule has 21 heavy (non-hydrogen) atoms. The molecule has 1 amide bonds. The minimum Gasteiger partial charge on any atom is -0.408 e. The molecule has 0 saturated heterocycles. The van der Waals surface area contributed by atoms with Crippen molar-refractivity contribution in [1.82, 2.24) is 4.57 Å². The molecule has 5 nitrogen and oxygen atoms in total. The van der Waals surface area contributed by atoms with Crippen LogP contribution in [0.15, 0.2) is 51.7 Å². The Labute approximate surface area is 120 Å². The predicted molar refractivity (Wildman–Crippen MR) is 80.6 cm³/mol. The van der Waals surface area contributed by atoms with Gasteiger partial charge in [-0.25, -0.2) is 4.79 Å². The van der Waals surface area contributed by atoms with E-state index in [2.05, 4.69) is 5.32 Å². The van der Waals surface area contributed by atoms with Crippen LogP contribution < -0.4 is 11.1 Å². The topological polar surface area (TPSA) is 64.2 Å². The molecule has 3 rings (SSSR count). The van der Waals surface area contributed by atoms with Crippen molar-refractivity contribution < 1.29 is 9.21 Å². The average molecular weight is 282 g/mol. The summed E-state index contributed by atoms with van der Waals surface area (Å²) >= 11 is 0. The van der Waals surface area contributed by atoms with E-state index in [0.717, 1.165) is 5.56 Å². The van der Waals surface area contributed by atoms with Crippen molar-refractivity contribution in [2.75, 3.05) is 5.32 Å². The highest BCUT2D eigenvalue weighted by Gasteiger charge is 2.11. The van der Waals surface area contributed by atoms with E-state index < -0.39 is 5.76 Å². The summed E-state index contributed by atoms with van der Waals surface area (Å²) in [4.78, 5) is 23.7. The summed E-state index contributed by atoms with van der Waals surface area (Å²) in [6.07, 6.45) is 0. The number of anilines is 1. The molecule has 106 valence electrons. The van der Waals surface area contributed by atoms with Gasteiger partial charge in [-0.1, -0.05) is 18.2 Å². The van der Waals surface area contributed by atoms with Gasteiger partial charge in [-0.2, -0.15) is 0 Å². The summed E-state index contributed by atoms with van der Waals surface area (Å²) in [5, 5.41) is 2.81. The van der Waals surface area contributed by atoms with E-state index in [9.17, 15) is 9.59 Å². The van der Waals surface area contributed by atoms with Gasteiger partial charge >= 0.3 is 5.76 Å². The molecule has 0 aliphatic heterocycles. The van der Waals surface area contributed by atoms with Crippen molar-refractivity contribution in [1.29, 1.82) is 0 Å². The summed E-state index contributed by atoms with van der Waals surface area (Å²) < 4.78 is 6.53. The minimum absolute atomic E-state index is 0.189. The molecule has 3 aromatic rings.